The number of carbonyl (C=O) groups is 1. The van der Waals surface area contributed by atoms with Crippen molar-refractivity contribution in [2.24, 2.45) is 5.92 Å². The Labute approximate surface area is 86.3 Å². The molecular weight excluding hydrogens is 176 g/mol. The van der Waals surface area contributed by atoms with Gasteiger partial charge in [-0.2, -0.15) is 0 Å². The first-order chi connectivity index (χ1) is 6.70. The fourth-order valence-corrected chi connectivity index (χ4v) is 1.76. The van der Waals surface area contributed by atoms with Crippen LogP contribution >= 0.6 is 0 Å². The van der Waals surface area contributed by atoms with E-state index in [1.165, 1.54) is 5.57 Å². The zero-order valence-electron chi connectivity index (χ0n) is 9.21. The van der Waals surface area contributed by atoms with Crippen LogP contribution in [0.3, 0.4) is 0 Å². The summed E-state index contributed by atoms with van der Waals surface area (Å²) in [7, 11) is 0. The second-order valence-electron chi connectivity index (χ2n) is 4.22. The smallest absolute Gasteiger partial charge is 0.308 e. The number of rotatable bonds is 4. The quantitative estimate of drug-likeness (QED) is 0.392. The van der Waals surface area contributed by atoms with E-state index in [1.807, 2.05) is 0 Å². The molecule has 0 aromatic rings. The summed E-state index contributed by atoms with van der Waals surface area (Å²) < 4.78 is 5.01. The maximum atomic E-state index is 11.3. The van der Waals surface area contributed by atoms with E-state index in [0.717, 1.165) is 32.1 Å². The number of cyclic esters (lactones) is 1. The highest BCUT2D eigenvalue weighted by Crippen LogP contribution is 2.21. The molecule has 2 heteroatoms. The third-order valence-electron chi connectivity index (χ3n) is 2.58. The van der Waals surface area contributed by atoms with Gasteiger partial charge in [0, 0.05) is 0 Å². The number of carbonyl (C=O) groups excluding carboxylic acids is 1. The molecule has 2 nitrogen and oxygen atoms in total. The third-order valence-corrected chi connectivity index (χ3v) is 2.58. The van der Waals surface area contributed by atoms with E-state index in [9.17, 15) is 4.79 Å². The largest absolute Gasteiger partial charge is 0.465 e. The standard InChI is InChI=1S/C12H20O2/c1-10(2)6-3-4-7-11-8-5-9-14-12(11)13/h6,11H,3-5,7-9H2,1-2H3. The maximum absolute atomic E-state index is 11.3. The Morgan fingerprint density at radius 1 is 1.57 bits per heavy atom. The molecule has 0 aromatic heterocycles. The fraction of sp³-hybridized carbons (Fsp3) is 0.750. The first-order valence-corrected chi connectivity index (χ1v) is 5.50. The topological polar surface area (TPSA) is 26.3 Å². The van der Waals surface area contributed by atoms with Crippen molar-refractivity contribution >= 4 is 5.97 Å². The summed E-state index contributed by atoms with van der Waals surface area (Å²) in [6, 6.07) is 0. The number of unbranched alkanes of at least 4 members (excludes halogenated alkanes) is 1. The molecule has 1 saturated heterocycles. The normalized spacial score (nSPS) is 21.6. The first-order valence-electron chi connectivity index (χ1n) is 5.50. The molecule has 1 fully saturated rings. The SMILES string of the molecule is CC(C)=CCCCC1CCCOC1=O. The second-order valence-corrected chi connectivity index (χ2v) is 4.22. The molecule has 1 rings (SSSR count). The Morgan fingerprint density at radius 3 is 3.00 bits per heavy atom. The lowest BCUT2D eigenvalue weighted by molar-refractivity contribution is -0.153. The minimum Gasteiger partial charge on any atom is -0.465 e. The summed E-state index contributed by atoms with van der Waals surface area (Å²) in [5.74, 6) is 0.197. The minimum atomic E-state index is 0.0217. The molecule has 0 aliphatic carbocycles. The Balaban J connectivity index is 2.17. The Bertz CT molecular complexity index is 214. The van der Waals surface area contributed by atoms with Gasteiger partial charge in [-0.05, 0) is 46.0 Å². The Hall–Kier alpha value is -0.790. The monoisotopic (exact) mass is 196 g/mol. The molecule has 80 valence electrons. The Morgan fingerprint density at radius 2 is 2.36 bits per heavy atom. The van der Waals surface area contributed by atoms with Gasteiger partial charge < -0.3 is 4.74 Å². The van der Waals surface area contributed by atoms with Gasteiger partial charge in [-0.3, -0.25) is 4.79 Å². The molecule has 0 aromatic carbocycles. The summed E-state index contributed by atoms with van der Waals surface area (Å²) in [6.45, 7) is 4.84. The van der Waals surface area contributed by atoms with E-state index < -0.39 is 0 Å². The average molecular weight is 196 g/mol. The van der Waals surface area contributed by atoms with Crippen molar-refractivity contribution in [2.75, 3.05) is 6.61 Å². The Kier molecular flexibility index (Phi) is 4.71. The highest BCUT2D eigenvalue weighted by Gasteiger charge is 2.22. The van der Waals surface area contributed by atoms with Crippen LogP contribution in [0.1, 0.15) is 46.0 Å². The molecule has 0 N–H and O–H groups in total. The van der Waals surface area contributed by atoms with Gasteiger partial charge in [0.1, 0.15) is 0 Å². The molecule has 1 atom stereocenters. The van der Waals surface area contributed by atoms with Gasteiger partial charge in [0.05, 0.1) is 12.5 Å². The zero-order chi connectivity index (χ0) is 10.4. The predicted molar refractivity (Wildman–Crippen MR) is 57.0 cm³/mol. The highest BCUT2D eigenvalue weighted by atomic mass is 16.5. The molecule has 1 heterocycles. The van der Waals surface area contributed by atoms with Crippen molar-refractivity contribution in [3.8, 4) is 0 Å². The maximum Gasteiger partial charge on any atom is 0.308 e. The van der Waals surface area contributed by atoms with E-state index in [0.29, 0.717) is 6.61 Å². The van der Waals surface area contributed by atoms with Gasteiger partial charge in [-0.15, -0.1) is 0 Å². The van der Waals surface area contributed by atoms with Crippen LogP contribution in [0, 0.1) is 5.92 Å². The summed E-state index contributed by atoms with van der Waals surface area (Å²) >= 11 is 0. The molecule has 14 heavy (non-hydrogen) atoms. The second kappa shape index (κ2) is 5.84. The zero-order valence-corrected chi connectivity index (χ0v) is 9.21. The van der Waals surface area contributed by atoms with Crippen molar-refractivity contribution in [3.05, 3.63) is 11.6 Å². The van der Waals surface area contributed by atoms with Gasteiger partial charge in [-0.1, -0.05) is 11.6 Å². The van der Waals surface area contributed by atoms with E-state index in [-0.39, 0.29) is 11.9 Å². The highest BCUT2D eigenvalue weighted by molar-refractivity contribution is 5.72. The molecule has 0 radical (unpaired) electrons. The summed E-state index contributed by atoms with van der Waals surface area (Å²) in [6.07, 6.45) is 7.47. The molecule has 0 amide bonds. The van der Waals surface area contributed by atoms with Gasteiger partial charge in [0.2, 0.25) is 0 Å². The van der Waals surface area contributed by atoms with E-state index >= 15 is 0 Å². The molecule has 0 spiro atoms. The van der Waals surface area contributed by atoms with Gasteiger partial charge in [0.25, 0.3) is 0 Å². The molecule has 1 aliphatic heterocycles. The molecular formula is C12H20O2. The van der Waals surface area contributed by atoms with E-state index in [2.05, 4.69) is 19.9 Å². The van der Waals surface area contributed by atoms with E-state index in [4.69, 9.17) is 4.74 Å². The fourth-order valence-electron chi connectivity index (χ4n) is 1.76. The van der Waals surface area contributed by atoms with Crippen molar-refractivity contribution < 1.29 is 9.53 Å². The van der Waals surface area contributed by atoms with Crippen LogP contribution in [-0.4, -0.2) is 12.6 Å². The van der Waals surface area contributed by atoms with Crippen LogP contribution in [0.15, 0.2) is 11.6 Å². The number of allylic oxidation sites excluding steroid dienone is 2. The van der Waals surface area contributed by atoms with Crippen molar-refractivity contribution in [2.45, 2.75) is 46.0 Å². The summed E-state index contributed by atoms with van der Waals surface area (Å²) in [5, 5.41) is 0. The van der Waals surface area contributed by atoms with Crippen LogP contribution in [0.4, 0.5) is 0 Å². The van der Waals surface area contributed by atoms with Crippen molar-refractivity contribution in [3.63, 3.8) is 0 Å². The summed E-state index contributed by atoms with van der Waals surface area (Å²) in [5.41, 5.74) is 1.36. The lowest BCUT2D eigenvalue weighted by atomic mass is 9.95. The average Bonchev–Trinajstić information content (AvgIpc) is 2.15. The van der Waals surface area contributed by atoms with Crippen LogP contribution in [0.25, 0.3) is 0 Å². The van der Waals surface area contributed by atoms with Gasteiger partial charge in [-0.25, -0.2) is 0 Å². The lowest BCUT2D eigenvalue weighted by Crippen LogP contribution is -2.23. The molecule has 0 bridgehead atoms. The number of ether oxygens (including phenoxy) is 1. The van der Waals surface area contributed by atoms with Crippen molar-refractivity contribution in [1.82, 2.24) is 0 Å². The predicted octanol–water partition coefficient (Wildman–Crippen LogP) is 3.08. The number of hydrogen-bond donors (Lipinski definition) is 0. The lowest BCUT2D eigenvalue weighted by Gasteiger charge is -2.20. The number of esters is 1. The first kappa shape index (κ1) is 11.3. The summed E-state index contributed by atoms with van der Waals surface area (Å²) in [4.78, 5) is 11.3. The molecule has 1 unspecified atom stereocenters. The van der Waals surface area contributed by atoms with Crippen LogP contribution < -0.4 is 0 Å². The van der Waals surface area contributed by atoms with E-state index in [1.54, 1.807) is 0 Å². The van der Waals surface area contributed by atoms with Gasteiger partial charge >= 0.3 is 5.97 Å². The number of hydrogen-bond acceptors (Lipinski definition) is 2. The van der Waals surface area contributed by atoms with Gasteiger partial charge in [0.15, 0.2) is 0 Å². The molecule has 0 saturated carbocycles. The molecule has 1 aliphatic rings. The van der Waals surface area contributed by atoms with Crippen molar-refractivity contribution in [1.29, 1.82) is 0 Å². The van der Waals surface area contributed by atoms with Crippen LogP contribution in [0.2, 0.25) is 0 Å². The minimum absolute atomic E-state index is 0.0217. The van der Waals surface area contributed by atoms with Crippen LogP contribution in [-0.2, 0) is 9.53 Å². The van der Waals surface area contributed by atoms with Crippen LogP contribution in [0.5, 0.6) is 0 Å². The third kappa shape index (κ3) is 3.95.